The number of benzene rings is 1. The first-order valence-corrected chi connectivity index (χ1v) is 5.10. The summed E-state index contributed by atoms with van der Waals surface area (Å²) in [6.45, 7) is 8.59. The monoisotopic (exact) mass is 203 g/mol. The van der Waals surface area contributed by atoms with Crippen LogP contribution in [0.3, 0.4) is 0 Å². The van der Waals surface area contributed by atoms with Crippen LogP contribution in [0.5, 0.6) is 0 Å². The molecule has 0 atom stereocenters. The molecule has 15 heavy (non-hydrogen) atoms. The van der Waals surface area contributed by atoms with Gasteiger partial charge in [-0.25, -0.2) is 0 Å². The SMILES string of the molecule is C.CC(C)c1ccc(C#N)c(C(C)C)c1. The summed E-state index contributed by atoms with van der Waals surface area (Å²) < 4.78 is 0. The van der Waals surface area contributed by atoms with Gasteiger partial charge in [0.2, 0.25) is 0 Å². The van der Waals surface area contributed by atoms with Gasteiger partial charge in [-0.3, -0.25) is 0 Å². The molecular formula is C14H21N. The molecule has 0 unspecified atom stereocenters. The van der Waals surface area contributed by atoms with E-state index in [1.807, 2.05) is 6.07 Å². The van der Waals surface area contributed by atoms with E-state index in [4.69, 9.17) is 5.26 Å². The molecule has 1 aromatic rings. The molecule has 0 aliphatic carbocycles. The van der Waals surface area contributed by atoms with E-state index in [1.54, 1.807) is 0 Å². The molecule has 1 aromatic carbocycles. The molecule has 0 amide bonds. The zero-order valence-corrected chi connectivity index (χ0v) is 9.33. The van der Waals surface area contributed by atoms with Crippen molar-refractivity contribution in [3.63, 3.8) is 0 Å². The molecule has 0 fully saturated rings. The highest BCUT2D eigenvalue weighted by Gasteiger charge is 2.08. The number of hydrogen-bond acceptors (Lipinski definition) is 1. The van der Waals surface area contributed by atoms with Crippen LogP contribution in [0.2, 0.25) is 0 Å². The van der Waals surface area contributed by atoms with Gasteiger partial charge in [-0.05, 0) is 29.0 Å². The Hall–Kier alpha value is -1.29. The van der Waals surface area contributed by atoms with E-state index >= 15 is 0 Å². The maximum Gasteiger partial charge on any atom is 0.0994 e. The Kier molecular flexibility index (Phi) is 5.08. The highest BCUT2D eigenvalue weighted by atomic mass is 14.3. The van der Waals surface area contributed by atoms with Crippen LogP contribution in [0.15, 0.2) is 18.2 Å². The summed E-state index contributed by atoms with van der Waals surface area (Å²) in [7, 11) is 0. The highest BCUT2D eigenvalue weighted by molar-refractivity contribution is 5.42. The fourth-order valence-electron chi connectivity index (χ4n) is 1.52. The number of rotatable bonds is 2. The van der Waals surface area contributed by atoms with Crippen molar-refractivity contribution in [1.29, 1.82) is 5.26 Å². The molecule has 82 valence electrons. The van der Waals surface area contributed by atoms with Gasteiger partial charge in [-0.15, -0.1) is 0 Å². The van der Waals surface area contributed by atoms with Crippen molar-refractivity contribution >= 4 is 0 Å². The molecule has 0 saturated heterocycles. The van der Waals surface area contributed by atoms with E-state index in [1.165, 1.54) is 11.1 Å². The van der Waals surface area contributed by atoms with E-state index in [-0.39, 0.29) is 7.43 Å². The third kappa shape index (κ3) is 3.09. The van der Waals surface area contributed by atoms with E-state index in [9.17, 15) is 0 Å². The summed E-state index contributed by atoms with van der Waals surface area (Å²) in [5, 5.41) is 8.95. The van der Waals surface area contributed by atoms with Gasteiger partial charge in [-0.1, -0.05) is 47.3 Å². The van der Waals surface area contributed by atoms with Crippen molar-refractivity contribution in [3.05, 3.63) is 34.9 Å². The minimum atomic E-state index is 0. The molecule has 0 bridgehead atoms. The van der Waals surface area contributed by atoms with Crippen molar-refractivity contribution in [3.8, 4) is 6.07 Å². The van der Waals surface area contributed by atoms with Crippen LogP contribution in [-0.4, -0.2) is 0 Å². The molecule has 1 rings (SSSR count). The highest BCUT2D eigenvalue weighted by Crippen LogP contribution is 2.24. The van der Waals surface area contributed by atoms with Gasteiger partial charge >= 0.3 is 0 Å². The Morgan fingerprint density at radius 2 is 1.67 bits per heavy atom. The summed E-state index contributed by atoms with van der Waals surface area (Å²) in [6.07, 6.45) is 0. The fraction of sp³-hybridized carbons (Fsp3) is 0.500. The van der Waals surface area contributed by atoms with Crippen LogP contribution < -0.4 is 0 Å². The number of nitrogens with zero attached hydrogens (tertiary/aromatic N) is 1. The summed E-state index contributed by atoms with van der Waals surface area (Å²) in [6, 6.07) is 8.39. The maximum absolute atomic E-state index is 8.95. The molecule has 1 nitrogen and oxygen atoms in total. The molecular weight excluding hydrogens is 182 g/mol. The van der Waals surface area contributed by atoms with Crippen molar-refractivity contribution in [2.24, 2.45) is 0 Å². The minimum Gasteiger partial charge on any atom is -0.192 e. The number of hydrogen-bond donors (Lipinski definition) is 0. The second kappa shape index (κ2) is 5.56. The minimum absolute atomic E-state index is 0. The van der Waals surface area contributed by atoms with Gasteiger partial charge < -0.3 is 0 Å². The molecule has 0 aliphatic heterocycles. The standard InChI is InChI=1S/C13H17N.CH4/c1-9(2)11-5-6-12(8-14)13(7-11)10(3)4;/h5-7,9-10H,1-4H3;1H4. The topological polar surface area (TPSA) is 23.8 Å². The first-order valence-electron chi connectivity index (χ1n) is 5.10. The Morgan fingerprint density at radius 3 is 2.07 bits per heavy atom. The first-order chi connectivity index (χ1) is 6.56. The molecule has 0 saturated carbocycles. The lowest BCUT2D eigenvalue weighted by Gasteiger charge is -2.12. The van der Waals surface area contributed by atoms with E-state index < -0.39 is 0 Å². The van der Waals surface area contributed by atoms with E-state index in [0.29, 0.717) is 11.8 Å². The average Bonchev–Trinajstić information content (AvgIpc) is 2.16. The molecule has 0 aliphatic rings. The van der Waals surface area contributed by atoms with Crippen molar-refractivity contribution < 1.29 is 0 Å². The van der Waals surface area contributed by atoms with Crippen LogP contribution in [0, 0.1) is 11.3 Å². The van der Waals surface area contributed by atoms with E-state index in [0.717, 1.165) is 5.56 Å². The van der Waals surface area contributed by atoms with Crippen molar-refractivity contribution in [2.75, 3.05) is 0 Å². The first kappa shape index (κ1) is 13.7. The van der Waals surface area contributed by atoms with E-state index in [2.05, 4.69) is 45.9 Å². The molecule has 1 heteroatoms. The van der Waals surface area contributed by atoms with Gasteiger partial charge in [0, 0.05) is 0 Å². The second-order valence-electron chi connectivity index (χ2n) is 4.27. The smallest absolute Gasteiger partial charge is 0.0994 e. The van der Waals surface area contributed by atoms with Gasteiger partial charge in [-0.2, -0.15) is 5.26 Å². The van der Waals surface area contributed by atoms with Gasteiger partial charge in [0.15, 0.2) is 0 Å². The summed E-state index contributed by atoms with van der Waals surface area (Å²) in [4.78, 5) is 0. The normalized spacial score (nSPS) is 9.93. The summed E-state index contributed by atoms with van der Waals surface area (Å²) in [5.74, 6) is 0.948. The van der Waals surface area contributed by atoms with Crippen LogP contribution in [-0.2, 0) is 0 Å². The fourth-order valence-corrected chi connectivity index (χ4v) is 1.52. The predicted molar refractivity (Wildman–Crippen MR) is 66.1 cm³/mol. The zero-order valence-electron chi connectivity index (χ0n) is 9.33. The predicted octanol–water partition coefficient (Wildman–Crippen LogP) is 4.44. The largest absolute Gasteiger partial charge is 0.192 e. The lowest BCUT2D eigenvalue weighted by molar-refractivity contribution is 0.831. The Morgan fingerprint density at radius 1 is 1.07 bits per heavy atom. The van der Waals surface area contributed by atoms with Gasteiger partial charge in [0.1, 0.15) is 0 Å². The third-order valence-corrected chi connectivity index (χ3v) is 2.48. The molecule has 0 aromatic heterocycles. The Labute approximate surface area is 93.7 Å². The molecule has 0 heterocycles. The van der Waals surface area contributed by atoms with Crippen molar-refractivity contribution in [2.45, 2.75) is 47.0 Å². The quantitative estimate of drug-likeness (QED) is 0.697. The second-order valence-corrected chi connectivity index (χ2v) is 4.27. The average molecular weight is 203 g/mol. The zero-order chi connectivity index (χ0) is 10.7. The van der Waals surface area contributed by atoms with Gasteiger partial charge in [0.05, 0.1) is 11.6 Å². The Balaban J connectivity index is 0.00000196. The molecule has 0 spiro atoms. The lowest BCUT2D eigenvalue weighted by Crippen LogP contribution is -1.96. The van der Waals surface area contributed by atoms with Crippen LogP contribution in [0.25, 0.3) is 0 Å². The summed E-state index contributed by atoms with van der Waals surface area (Å²) in [5.41, 5.74) is 3.29. The van der Waals surface area contributed by atoms with Gasteiger partial charge in [0.25, 0.3) is 0 Å². The third-order valence-electron chi connectivity index (χ3n) is 2.48. The number of nitriles is 1. The molecule has 0 N–H and O–H groups in total. The molecule has 0 radical (unpaired) electrons. The van der Waals surface area contributed by atoms with Crippen LogP contribution >= 0.6 is 0 Å². The van der Waals surface area contributed by atoms with Crippen molar-refractivity contribution in [1.82, 2.24) is 0 Å². The Bertz CT molecular complexity index is 356. The van der Waals surface area contributed by atoms with Crippen LogP contribution in [0.1, 0.15) is 63.6 Å². The lowest BCUT2D eigenvalue weighted by atomic mass is 9.92. The van der Waals surface area contributed by atoms with Crippen LogP contribution in [0.4, 0.5) is 0 Å². The summed E-state index contributed by atoms with van der Waals surface area (Å²) >= 11 is 0. The maximum atomic E-state index is 8.95.